The largest absolute Gasteiger partial charge is 0.462 e. The molecule has 0 bridgehead atoms. The Hall–Kier alpha value is -3.93. The van der Waals surface area contributed by atoms with E-state index in [0.29, 0.717) is 19.3 Å². The van der Waals surface area contributed by atoms with Gasteiger partial charge in [-0.3, -0.25) is 14.4 Å². The first-order valence-electron chi connectivity index (χ1n) is 35.4. The van der Waals surface area contributed by atoms with Gasteiger partial charge in [0.2, 0.25) is 0 Å². The summed E-state index contributed by atoms with van der Waals surface area (Å²) in [5, 5.41) is 0. The molecule has 0 aromatic heterocycles. The van der Waals surface area contributed by atoms with Crippen LogP contribution in [0.4, 0.5) is 0 Å². The molecule has 0 radical (unpaired) electrons. The maximum atomic E-state index is 13.0. The summed E-state index contributed by atoms with van der Waals surface area (Å²) in [6.07, 6.45) is 96.8. The quantitative estimate of drug-likeness (QED) is 0.0261. The molecule has 0 rings (SSSR count). The van der Waals surface area contributed by atoms with Crippen LogP contribution in [0.3, 0.4) is 0 Å². The van der Waals surface area contributed by atoms with Crippen molar-refractivity contribution in [3.8, 4) is 0 Å². The highest BCUT2D eigenvalue weighted by Crippen LogP contribution is 2.17. The predicted molar refractivity (Wildman–Crippen MR) is 362 cm³/mol. The van der Waals surface area contributed by atoms with E-state index in [-0.39, 0.29) is 31.1 Å². The fourth-order valence-electron chi connectivity index (χ4n) is 9.99. The highest BCUT2D eigenvalue weighted by molar-refractivity contribution is 5.71. The van der Waals surface area contributed by atoms with Gasteiger partial charge in [-0.25, -0.2) is 0 Å². The van der Waals surface area contributed by atoms with E-state index >= 15 is 0 Å². The van der Waals surface area contributed by atoms with E-state index in [1.54, 1.807) is 0 Å². The van der Waals surface area contributed by atoms with Gasteiger partial charge in [-0.15, -0.1) is 0 Å². The molecule has 6 nitrogen and oxygen atoms in total. The summed E-state index contributed by atoms with van der Waals surface area (Å²) in [5.74, 6) is -0.887. The summed E-state index contributed by atoms with van der Waals surface area (Å²) in [6.45, 7) is 6.53. The molecule has 6 heteroatoms. The van der Waals surface area contributed by atoms with Gasteiger partial charge in [-0.1, -0.05) is 323 Å². The molecule has 0 amide bonds. The van der Waals surface area contributed by atoms with Gasteiger partial charge in [0.1, 0.15) is 13.2 Å². The van der Waals surface area contributed by atoms with E-state index in [9.17, 15) is 14.4 Å². The third-order valence-corrected chi connectivity index (χ3v) is 15.3. The molecule has 0 spiro atoms. The number of unbranched alkanes of at least 4 members (excludes halogenated alkanes) is 35. The number of rotatable bonds is 64. The molecule has 1 atom stereocenters. The minimum absolute atomic E-state index is 0.0833. The maximum Gasteiger partial charge on any atom is 0.306 e. The molecular weight excluding hydrogens is 1020 g/mol. The molecule has 0 fully saturated rings. The van der Waals surface area contributed by atoms with E-state index in [1.807, 2.05) is 0 Å². The molecule has 83 heavy (non-hydrogen) atoms. The van der Waals surface area contributed by atoms with E-state index in [1.165, 1.54) is 173 Å². The molecule has 0 aromatic rings. The molecule has 0 aliphatic carbocycles. The number of carbonyl (C=O) groups is 3. The topological polar surface area (TPSA) is 78.9 Å². The summed E-state index contributed by atoms with van der Waals surface area (Å²) in [7, 11) is 0. The summed E-state index contributed by atoms with van der Waals surface area (Å²) >= 11 is 0. The molecule has 0 heterocycles. The summed E-state index contributed by atoms with van der Waals surface area (Å²) in [6, 6.07) is 0. The van der Waals surface area contributed by atoms with Gasteiger partial charge in [0.05, 0.1) is 0 Å². The number of hydrogen-bond donors (Lipinski definition) is 0. The lowest BCUT2D eigenvalue weighted by molar-refractivity contribution is -0.167. The molecule has 0 aliphatic heterocycles. The van der Waals surface area contributed by atoms with Gasteiger partial charge in [0.25, 0.3) is 0 Å². The first-order valence-corrected chi connectivity index (χ1v) is 35.4. The number of allylic oxidation sites excluding steroid dienone is 18. The summed E-state index contributed by atoms with van der Waals surface area (Å²) in [5.41, 5.74) is 0. The third-order valence-electron chi connectivity index (χ3n) is 15.3. The lowest BCUT2D eigenvalue weighted by atomic mass is 10.0. The van der Waals surface area contributed by atoms with E-state index < -0.39 is 6.10 Å². The zero-order valence-electron chi connectivity index (χ0n) is 54.7. The molecule has 476 valence electrons. The van der Waals surface area contributed by atoms with E-state index in [2.05, 4.69) is 130 Å². The van der Waals surface area contributed by atoms with Crippen LogP contribution in [-0.4, -0.2) is 37.2 Å². The van der Waals surface area contributed by atoms with Crippen molar-refractivity contribution in [2.75, 3.05) is 13.2 Å². The van der Waals surface area contributed by atoms with Crippen LogP contribution in [0.25, 0.3) is 0 Å². The van der Waals surface area contributed by atoms with Crippen LogP contribution in [0.2, 0.25) is 0 Å². The van der Waals surface area contributed by atoms with Crippen LogP contribution in [0, 0.1) is 0 Å². The molecule has 0 aliphatic rings. The van der Waals surface area contributed by atoms with Gasteiger partial charge in [0, 0.05) is 19.3 Å². The zero-order valence-corrected chi connectivity index (χ0v) is 54.7. The second kappa shape index (κ2) is 70.6. The monoisotopic (exact) mass is 1150 g/mol. The average molecular weight is 1150 g/mol. The Morgan fingerprint density at radius 3 is 0.759 bits per heavy atom. The fourth-order valence-corrected chi connectivity index (χ4v) is 9.99. The Bertz CT molecular complexity index is 1660. The lowest BCUT2D eigenvalue weighted by Gasteiger charge is -2.18. The highest BCUT2D eigenvalue weighted by Gasteiger charge is 2.19. The third kappa shape index (κ3) is 68.7. The normalized spacial score (nSPS) is 12.8. The van der Waals surface area contributed by atoms with Crippen LogP contribution >= 0.6 is 0 Å². The zero-order chi connectivity index (χ0) is 59.9. The first kappa shape index (κ1) is 79.1. The average Bonchev–Trinajstić information content (AvgIpc) is 3.49. The van der Waals surface area contributed by atoms with Gasteiger partial charge < -0.3 is 14.2 Å². The number of esters is 3. The van der Waals surface area contributed by atoms with Gasteiger partial charge in [-0.05, 0) is 109 Å². The highest BCUT2D eigenvalue weighted by atomic mass is 16.6. The molecular formula is C77H132O6. The van der Waals surface area contributed by atoms with Crippen LogP contribution < -0.4 is 0 Å². The molecule has 0 N–H and O–H groups in total. The Morgan fingerprint density at radius 2 is 0.470 bits per heavy atom. The second-order valence-corrected chi connectivity index (χ2v) is 23.4. The number of carbonyl (C=O) groups excluding carboxylic acids is 3. The maximum absolute atomic E-state index is 13.0. The number of ether oxygens (including phenoxy) is 3. The second-order valence-electron chi connectivity index (χ2n) is 23.4. The van der Waals surface area contributed by atoms with Gasteiger partial charge in [-0.2, -0.15) is 0 Å². The predicted octanol–water partition coefficient (Wildman–Crippen LogP) is 24.6. The van der Waals surface area contributed by atoms with Crippen molar-refractivity contribution in [2.24, 2.45) is 0 Å². The van der Waals surface area contributed by atoms with Crippen molar-refractivity contribution in [3.63, 3.8) is 0 Å². The van der Waals surface area contributed by atoms with Crippen LogP contribution in [0.5, 0.6) is 0 Å². The molecule has 1 unspecified atom stereocenters. The van der Waals surface area contributed by atoms with Gasteiger partial charge in [0.15, 0.2) is 6.10 Å². The van der Waals surface area contributed by atoms with Crippen molar-refractivity contribution < 1.29 is 28.6 Å². The van der Waals surface area contributed by atoms with Crippen molar-refractivity contribution in [1.29, 1.82) is 0 Å². The molecule has 0 saturated carbocycles. The van der Waals surface area contributed by atoms with Crippen molar-refractivity contribution in [1.82, 2.24) is 0 Å². The lowest BCUT2D eigenvalue weighted by Crippen LogP contribution is -2.30. The smallest absolute Gasteiger partial charge is 0.306 e. The van der Waals surface area contributed by atoms with Crippen molar-refractivity contribution in [2.45, 2.75) is 348 Å². The Kier molecular flexibility index (Phi) is 67.2. The van der Waals surface area contributed by atoms with Crippen LogP contribution in [0.15, 0.2) is 109 Å². The Morgan fingerprint density at radius 1 is 0.253 bits per heavy atom. The Balaban J connectivity index is 4.31. The summed E-state index contributed by atoms with van der Waals surface area (Å²) in [4.78, 5) is 38.4. The van der Waals surface area contributed by atoms with E-state index in [4.69, 9.17) is 14.2 Å². The Labute approximate surface area is 514 Å². The number of hydrogen-bond acceptors (Lipinski definition) is 6. The standard InChI is InChI=1S/C77H132O6/c1-4-7-10-13-16-19-22-25-28-30-32-33-34-35-36-37-38-39-40-41-42-43-45-46-49-52-55-58-61-64-67-70-76(79)82-73-74(72-81-75(78)69-66-63-60-57-54-51-48-27-24-21-18-15-12-9-6-3)83-77(80)71-68-65-62-59-56-53-50-47-44-31-29-26-23-20-17-14-11-8-5-2/h7,10,16,18-19,21,25,27-28,32-33,35-36,38-39,41-42,48,74H,4-6,8-9,11-15,17,20,22-24,26,29-31,34,37,40,43-47,49-73H2,1-3H3/b10-7-,19-16-,21-18-,28-25-,33-32-,36-35-,39-38-,42-41-,48-27-. The first-order chi connectivity index (χ1) is 41.0. The molecule has 0 saturated heterocycles. The van der Waals surface area contributed by atoms with Crippen LogP contribution in [-0.2, 0) is 28.6 Å². The minimum atomic E-state index is -0.787. The van der Waals surface area contributed by atoms with Crippen molar-refractivity contribution >= 4 is 17.9 Å². The fraction of sp³-hybridized carbons (Fsp3) is 0.727. The van der Waals surface area contributed by atoms with Gasteiger partial charge >= 0.3 is 17.9 Å². The minimum Gasteiger partial charge on any atom is -0.462 e. The summed E-state index contributed by atoms with van der Waals surface area (Å²) < 4.78 is 17.0. The van der Waals surface area contributed by atoms with E-state index in [0.717, 1.165) is 128 Å². The van der Waals surface area contributed by atoms with Crippen molar-refractivity contribution in [3.05, 3.63) is 109 Å². The SMILES string of the molecule is CC/C=C\C/C=C\C/C=C\C/C=C\C/C=C\C/C=C\C/C=C\CCCCCCCCCCCC(=O)OCC(COC(=O)CCCCCCC/C=C\C/C=C\CCCCC)OC(=O)CCCCCCCCCCCCCCCCCCCCC. The van der Waals surface area contributed by atoms with Crippen LogP contribution in [0.1, 0.15) is 342 Å². The molecule has 0 aromatic carbocycles.